The van der Waals surface area contributed by atoms with Gasteiger partial charge in [0, 0.05) is 11.4 Å². The molecule has 2 aromatic rings. The van der Waals surface area contributed by atoms with Gasteiger partial charge in [-0.25, -0.2) is 9.18 Å². The third-order valence-corrected chi connectivity index (χ3v) is 2.42. The van der Waals surface area contributed by atoms with E-state index in [1.54, 1.807) is 24.3 Å². The highest BCUT2D eigenvalue weighted by atomic mass is 19.1. The summed E-state index contributed by atoms with van der Waals surface area (Å²) < 4.78 is 13.6. The first-order chi connectivity index (χ1) is 8.58. The van der Waals surface area contributed by atoms with Crippen LogP contribution in [0.4, 0.5) is 21.5 Å². The Morgan fingerprint density at radius 1 is 1.22 bits per heavy atom. The Kier molecular flexibility index (Phi) is 3.14. The smallest absolute Gasteiger partial charge is 0.337 e. The first-order valence-corrected chi connectivity index (χ1v) is 5.22. The summed E-state index contributed by atoms with van der Waals surface area (Å²) in [6.07, 6.45) is 0. The second-order valence-electron chi connectivity index (χ2n) is 3.72. The minimum atomic E-state index is -1.19. The molecule has 4 nitrogen and oxygen atoms in total. The number of aromatic carboxylic acids is 1. The SMILES string of the molecule is Nc1cc(F)c(Nc2ccccc2)cc1C(=O)O. The van der Waals surface area contributed by atoms with Gasteiger partial charge >= 0.3 is 5.97 Å². The van der Waals surface area contributed by atoms with Crippen LogP contribution in [0.1, 0.15) is 10.4 Å². The van der Waals surface area contributed by atoms with E-state index in [-0.39, 0.29) is 16.9 Å². The van der Waals surface area contributed by atoms with E-state index in [0.29, 0.717) is 5.69 Å². The summed E-state index contributed by atoms with van der Waals surface area (Å²) in [4.78, 5) is 10.9. The Labute approximate surface area is 103 Å². The van der Waals surface area contributed by atoms with Crippen molar-refractivity contribution in [3.8, 4) is 0 Å². The molecule has 0 saturated carbocycles. The average Bonchev–Trinajstić information content (AvgIpc) is 2.33. The van der Waals surface area contributed by atoms with E-state index in [4.69, 9.17) is 10.8 Å². The van der Waals surface area contributed by atoms with Gasteiger partial charge in [-0.2, -0.15) is 0 Å². The van der Waals surface area contributed by atoms with Gasteiger partial charge in [-0.3, -0.25) is 0 Å². The molecule has 0 atom stereocenters. The summed E-state index contributed by atoms with van der Waals surface area (Å²) >= 11 is 0. The molecule has 5 heteroatoms. The fraction of sp³-hybridized carbons (Fsp3) is 0. The van der Waals surface area contributed by atoms with Crippen molar-refractivity contribution < 1.29 is 14.3 Å². The van der Waals surface area contributed by atoms with E-state index < -0.39 is 11.8 Å². The van der Waals surface area contributed by atoms with Crippen LogP contribution in [-0.2, 0) is 0 Å². The van der Waals surface area contributed by atoms with Crippen molar-refractivity contribution in [2.24, 2.45) is 0 Å². The highest BCUT2D eigenvalue weighted by Gasteiger charge is 2.13. The lowest BCUT2D eigenvalue weighted by atomic mass is 10.1. The highest BCUT2D eigenvalue weighted by molar-refractivity contribution is 5.95. The minimum absolute atomic E-state index is 0.0767. The highest BCUT2D eigenvalue weighted by Crippen LogP contribution is 2.25. The molecular formula is C13H11FN2O2. The van der Waals surface area contributed by atoms with Crippen molar-refractivity contribution in [3.05, 3.63) is 53.8 Å². The maximum atomic E-state index is 13.6. The van der Waals surface area contributed by atoms with Crippen molar-refractivity contribution in [1.82, 2.24) is 0 Å². The van der Waals surface area contributed by atoms with Crippen molar-refractivity contribution in [3.63, 3.8) is 0 Å². The van der Waals surface area contributed by atoms with Gasteiger partial charge in [0.1, 0.15) is 5.82 Å². The number of carboxylic acid groups (broad SMARTS) is 1. The summed E-state index contributed by atoms with van der Waals surface area (Å²) in [7, 11) is 0. The average molecular weight is 246 g/mol. The van der Waals surface area contributed by atoms with Crippen LogP contribution < -0.4 is 11.1 Å². The number of carboxylic acids is 1. The molecule has 2 aromatic carbocycles. The first kappa shape index (κ1) is 11.9. The van der Waals surface area contributed by atoms with Crippen molar-refractivity contribution in [2.75, 3.05) is 11.1 Å². The van der Waals surface area contributed by atoms with Gasteiger partial charge in [-0.15, -0.1) is 0 Å². The molecule has 0 aromatic heterocycles. The number of nitrogen functional groups attached to an aromatic ring is 1. The quantitative estimate of drug-likeness (QED) is 0.728. The zero-order chi connectivity index (χ0) is 13.1. The van der Waals surface area contributed by atoms with Crippen LogP contribution in [0.3, 0.4) is 0 Å². The predicted molar refractivity (Wildman–Crippen MR) is 67.5 cm³/mol. The molecule has 0 fully saturated rings. The topological polar surface area (TPSA) is 75.3 Å². The molecule has 0 saturated heterocycles. The van der Waals surface area contributed by atoms with Crippen LogP contribution in [0.2, 0.25) is 0 Å². The summed E-state index contributed by atoms with van der Waals surface area (Å²) in [6.45, 7) is 0. The number of carbonyl (C=O) groups is 1. The molecule has 2 rings (SSSR count). The summed E-state index contributed by atoms with van der Waals surface area (Å²) in [5, 5.41) is 11.7. The van der Waals surface area contributed by atoms with Gasteiger partial charge < -0.3 is 16.2 Å². The number of para-hydroxylation sites is 1. The Morgan fingerprint density at radius 3 is 2.50 bits per heavy atom. The number of rotatable bonds is 3. The van der Waals surface area contributed by atoms with E-state index in [0.717, 1.165) is 6.07 Å². The van der Waals surface area contributed by atoms with Crippen LogP contribution >= 0.6 is 0 Å². The maximum absolute atomic E-state index is 13.6. The summed E-state index contributed by atoms with van der Waals surface area (Å²) in [6, 6.07) is 11.1. The Morgan fingerprint density at radius 2 is 1.89 bits per heavy atom. The molecule has 0 unspecified atom stereocenters. The number of hydrogen-bond donors (Lipinski definition) is 3. The van der Waals surface area contributed by atoms with Gasteiger partial charge in [-0.1, -0.05) is 18.2 Å². The van der Waals surface area contributed by atoms with Gasteiger partial charge in [0.2, 0.25) is 0 Å². The molecule has 18 heavy (non-hydrogen) atoms. The van der Waals surface area contributed by atoms with Crippen LogP contribution in [0.25, 0.3) is 0 Å². The van der Waals surface area contributed by atoms with Crippen molar-refractivity contribution in [2.45, 2.75) is 0 Å². The number of hydrogen-bond acceptors (Lipinski definition) is 3. The predicted octanol–water partition coefficient (Wildman–Crippen LogP) is 2.85. The zero-order valence-corrected chi connectivity index (χ0v) is 9.35. The lowest BCUT2D eigenvalue weighted by Crippen LogP contribution is -2.05. The van der Waals surface area contributed by atoms with Crippen molar-refractivity contribution in [1.29, 1.82) is 0 Å². The third kappa shape index (κ3) is 2.40. The zero-order valence-electron chi connectivity index (χ0n) is 9.35. The molecule has 0 radical (unpaired) electrons. The van der Waals surface area contributed by atoms with E-state index >= 15 is 0 Å². The fourth-order valence-electron chi connectivity index (χ4n) is 1.55. The molecule has 0 bridgehead atoms. The van der Waals surface area contributed by atoms with Gasteiger partial charge in [0.15, 0.2) is 0 Å². The molecule has 0 amide bonds. The second-order valence-corrected chi connectivity index (χ2v) is 3.72. The van der Waals surface area contributed by atoms with Crippen molar-refractivity contribution >= 4 is 23.0 Å². The Balaban J connectivity index is 2.39. The van der Waals surface area contributed by atoms with Crippen LogP contribution in [-0.4, -0.2) is 11.1 Å². The lowest BCUT2D eigenvalue weighted by Gasteiger charge is -2.10. The largest absolute Gasteiger partial charge is 0.478 e. The first-order valence-electron chi connectivity index (χ1n) is 5.22. The Hall–Kier alpha value is -2.56. The summed E-state index contributed by atoms with van der Waals surface area (Å²) in [5.41, 5.74) is 5.95. The number of nitrogens with two attached hydrogens (primary N) is 1. The van der Waals surface area contributed by atoms with E-state index in [1.165, 1.54) is 6.07 Å². The molecule has 0 spiro atoms. The van der Waals surface area contributed by atoms with Gasteiger partial charge in [-0.05, 0) is 24.3 Å². The van der Waals surface area contributed by atoms with E-state index in [1.807, 2.05) is 6.07 Å². The molecule has 0 aliphatic rings. The third-order valence-electron chi connectivity index (χ3n) is 2.42. The molecule has 92 valence electrons. The molecule has 0 aliphatic heterocycles. The molecule has 0 aliphatic carbocycles. The molecule has 0 heterocycles. The maximum Gasteiger partial charge on any atom is 0.337 e. The number of nitrogens with one attached hydrogen (secondary N) is 1. The lowest BCUT2D eigenvalue weighted by molar-refractivity contribution is 0.0698. The summed E-state index contributed by atoms with van der Waals surface area (Å²) in [5.74, 6) is -1.79. The monoisotopic (exact) mass is 246 g/mol. The number of benzene rings is 2. The van der Waals surface area contributed by atoms with Crippen LogP contribution in [0.15, 0.2) is 42.5 Å². The molecular weight excluding hydrogens is 235 g/mol. The van der Waals surface area contributed by atoms with Gasteiger partial charge in [0.25, 0.3) is 0 Å². The fourth-order valence-corrected chi connectivity index (χ4v) is 1.55. The second kappa shape index (κ2) is 4.75. The van der Waals surface area contributed by atoms with Crippen LogP contribution in [0, 0.1) is 5.82 Å². The minimum Gasteiger partial charge on any atom is -0.478 e. The van der Waals surface area contributed by atoms with E-state index in [9.17, 15) is 9.18 Å². The van der Waals surface area contributed by atoms with Gasteiger partial charge in [0.05, 0.1) is 11.3 Å². The Bertz CT molecular complexity index is 585. The van der Waals surface area contributed by atoms with E-state index in [2.05, 4.69) is 5.32 Å². The number of anilines is 3. The molecule has 4 N–H and O–H groups in total. The number of halogens is 1. The normalized spacial score (nSPS) is 10.1. The standard InChI is InChI=1S/C13H11FN2O2/c14-10-7-11(15)9(13(17)18)6-12(10)16-8-4-2-1-3-5-8/h1-7,16H,15H2,(H,17,18). The van der Waals surface area contributed by atoms with Crippen LogP contribution in [0.5, 0.6) is 0 Å².